The Morgan fingerprint density at radius 1 is 1.12 bits per heavy atom. The zero-order valence-corrected chi connectivity index (χ0v) is 18.7. The molecule has 1 saturated heterocycles. The number of hydrogen-bond donors (Lipinski definition) is 0. The van der Waals surface area contributed by atoms with Gasteiger partial charge in [0, 0.05) is 32.3 Å². The molecule has 0 spiro atoms. The van der Waals surface area contributed by atoms with Gasteiger partial charge in [0.05, 0.1) is 18.7 Å². The maximum absolute atomic E-state index is 13.2. The lowest BCUT2D eigenvalue weighted by atomic mass is 10.0. The predicted octanol–water partition coefficient (Wildman–Crippen LogP) is 2.10. The highest BCUT2D eigenvalue weighted by molar-refractivity contribution is 5.92. The Kier molecular flexibility index (Phi) is 6.72. The summed E-state index contributed by atoms with van der Waals surface area (Å²) in [6.07, 6.45) is -1.59. The molecule has 4 rings (SSSR count). The number of rotatable bonds is 6. The number of hydrogen-bond acceptors (Lipinski definition) is 8. The Balaban J connectivity index is 1.42. The van der Waals surface area contributed by atoms with Crippen LogP contribution in [-0.2, 0) is 24.1 Å². The summed E-state index contributed by atoms with van der Waals surface area (Å²) in [5, 5.41) is 15.4. The van der Waals surface area contributed by atoms with Crippen molar-refractivity contribution in [2.45, 2.75) is 33.1 Å². The molecule has 2 aromatic heterocycles. The average Bonchev–Trinajstić information content (AvgIpc) is 3.39. The third kappa shape index (κ3) is 5.84. The van der Waals surface area contributed by atoms with Gasteiger partial charge in [-0.3, -0.25) is 9.69 Å². The highest BCUT2D eigenvalue weighted by Gasteiger charge is 2.31. The first-order valence-electron chi connectivity index (χ1n) is 10.6. The fourth-order valence-electron chi connectivity index (χ4n) is 3.61. The topological polar surface area (TPSA) is 106 Å². The molecule has 0 bridgehead atoms. The third-order valence-electron chi connectivity index (χ3n) is 5.35. The van der Waals surface area contributed by atoms with Gasteiger partial charge in [-0.1, -0.05) is 11.2 Å². The number of halogens is 3. The lowest BCUT2D eigenvalue weighted by molar-refractivity contribution is -0.137. The molecule has 13 heteroatoms. The number of nitrogens with zero attached hydrogens (tertiary/aromatic N) is 8. The van der Waals surface area contributed by atoms with Gasteiger partial charge in [0.2, 0.25) is 11.8 Å². The van der Waals surface area contributed by atoms with Crippen molar-refractivity contribution in [1.29, 1.82) is 0 Å². The maximum atomic E-state index is 13.2. The molecule has 1 aliphatic heterocycles. The first kappa shape index (κ1) is 23.5. The van der Waals surface area contributed by atoms with Crippen LogP contribution in [0.2, 0.25) is 0 Å². The summed E-state index contributed by atoms with van der Waals surface area (Å²) in [5.74, 6) is 1.30. The molecule has 0 unspecified atom stereocenters. The monoisotopic (exact) mass is 476 g/mol. The number of aryl methyl sites for hydroxylation is 2. The molecular weight excluding hydrogens is 453 g/mol. The van der Waals surface area contributed by atoms with Gasteiger partial charge >= 0.3 is 6.18 Å². The van der Waals surface area contributed by atoms with Crippen molar-refractivity contribution < 1.29 is 22.5 Å². The van der Waals surface area contributed by atoms with Gasteiger partial charge in [0.1, 0.15) is 0 Å². The number of piperazine rings is 1. The molecule has 3 heterocycles. The molecule has 0 saturated carbocycles. The van der Waals surface area contributed by atoms with Crippen molar-refractivity contribution >= 4 is 12.0 Å². The quantitative estimate of drug-likeness (QED) is 0.498. The van der Waals surface area contributed by atoms with Gasteiger partial charge in [0.25, 0.3) is 0 Å². The van der Waals surface area contributed by atoms with Crippen LogP contribution in [0.25, 0.3) is 6.08 Å². The summed E-state index contributed by atoms with van der Waals surface area (Å²) < 4.78 is 44.8. The van der Waals surface area contributed by atoms with Crippen LogP contribution in [0.1, 0.15) is 34.2 Å². The van der Waals surface area contributed by atoms with Gasteiger partial charge in [-0.05, 0) is 48.4 Å². The SMILES string of the molecule is Cc1noc(CN2CCN(C(=O)/C=C/c3ccc(C(F)(F)F)cc3Cn3nnc(C)n3)CC2)n1. The Morgan fingerprint density at radius 2 is 1.88 bits per heavy atom. The number of alkyl halides is 3. The summed E-state index contributed by atoms with van der Waals surface area (Å²) in [6.45, 7) is 6.21. The fourth-order valence-corrected chi connectivity index (χ4v) is 3.61. The van der Waals surface area contributed by atoms with E-state index in [2.05, 4.69) is 30.5 Å². The van der Waals surface area contributed by atoms with Gasteiger partial charge in [0.15, 0.2) is 11.6 Å². The molecule has 0 atom stereocenters. The van der Waals surface area contributed by atoms with E-state index in [0.717, 1.165) is 12.1 Å². The van der Waals surface area contributed by atoms with Crippen molar-refractivity contribution in [2.24, 2.45) is 0 Å². The van der Waals surface area contributed by atoms with E-state index in [-0.39, 0.29) is 12.5 Å². The predicted molar refractivity (Wildman–Crippen MR) is 113 cm³/mol. The Labute approximate surface area is 193 Å². The van der Waals surface area contributed by atoms with Crippen molar-refractivity contribution in [3.05, 3.63) is 58.5 Å². The van der Waals surface area contributed by atoms with Gasteiger partial charge in [-0.2, -0.15) is 23.0 Å². The zero-order chi connectivity index (χ0) is 24.3. The van der Waals surface area contributed by atoms with Gasteiger partial charge < -0.3 is 9.42 Å². The van der Waals surface area contributed by atoms with Crippen LogP contribution in [0.5, 0.6) is 0 Å². The van der Waals surface area contributed by atoms with Crippen molar-refractivity contribution in [1.82, 2.24) is 40.1 Å². The standard InChI is InChI=1S/C21H23F3N8O2/c1-14-25-19(34-28-14)13-30-7-9-31(10-8-30)20(33)6-4-16-3-5-18(21(22,23)24)11-17(16)12-32-27-15(2)26-29-32/h3-6,11H,7-10,12-13H2,1-2H3/b6-4+. The van der Waals surface area contributed by atoms with Gasteiger partial charge in [-0.25, -0.2) is 0 Å². The molecule has 34 heavy (non-hydrogen) atoms. The smallest absolute Gasteiger partial charge is 0.338 e. The van der Waals surface area contributed by atoms with Crippen LogP contribution in [0.4, 0.5) is 13.2 Å². The molecule has 1 fully saturated rings. The summed E-state index contributed by atoms with van der Waals surface area (Å²) in [5.41, 5.74) is 0.0213. The normalized spacial score (nSPS) is 15.4. The van der Waals surface area contributed by atoms with Crippen LogP contribution in [0.3, 0.4) is 0 Å². The summed E-state index contributed by atoms with van der Waals surface area (Å²) in [4.78, 5) is 21.9. The lowest BCUT2D eigenvalue weighted by Crippen LogP contribution is -2.47. The molecule has 0 aliphatic carbocycles. The first-order valence-corrected chi connectivity index (χ1v) is 10.6. The minimum Gasteiger partial charge on any atom is -0.338 e. The molecule has 1 amide bonds. The van der Waals surface area contributed by atoms with Crippen LogP contribution in [-0.4, -0.2) is 72.2 Å². The molecule has 180 valence electrons. The lowest BCUT2D eigenvalue weighted by Gasteiger charge is -2.33. The van der Waals surface area contributed by atoms with E-state index in [4.69, 9.17) is 4.52 Å². The van der Waals surface area contributed by atoms with Crippen LogP contribution >= 0.6 is 0 Å². The minimum absolute atomic E-state index is 0.00750. The van der Waals surface area contributed by atoms with E-state index in [1.807, 2.05) is 0 Å². The van der Waals surface area contributed by atoms with Crippen LogP contribution < -0.4 is 0 Å². The van der Waals surface area contributed by atoms with Crippen molar-refractivity contribution in [3.63, 3.8) is 0 Å². The highest BCUT2D eigenvalue weighted by atomic mass is 19.4. The molecule has 0 N–H and O–H groups in total. The third-order valence-corrected chi connectivity index (χ3v) is 5.35. The number of carbonyl (C=O) groups excluding carboxylic acids is 1. The van der Waals surface area contributed by atoms with Crippen LogP contribution in [0, 0.1) is 13.8 Å². The second-order valence-electron chi connectivity index (χ2n) is 7.95. The van der Waals surface area contributed by atoms with Crippen molar-refractivity contribution in [2.75, 3.05) is 26.2 Å². The number of aromatic nitrogens is 6. The number of tetrazole rings is 1. The zero-order valence-electron chi connectivity index (χ0n) is 18.7. The first-order chi connectivity index (χ1) is 16.2. The summed E-state index contributed by atoms with van der Waals surface area (Å²) >= 11 is 0. The van der Waals surface area contributed by atoms with E-state index in [1.54, 1.807) is 18.7 Å². The van der Waals surface area contributed by atoms with E-state index >= 15 is 0 Å². The van der Waals surface area contributed by atoms with Crippen molar-refractivity contribution in [3.8, 4) is 0 Å². The largest absolute Gasteiger partial charge is 0.416 e. The molecule has 0 radical (unpaired) electrons. The van der Waals surface area contributed by atoms with Crippen LogP contribution in [0.15, 0.2) is 28.8 Å². The Morgan fingerprint density at radius 3 is 2.50 bits per heavy atom. The molecule has 1 aromatic carbocycles. The molecule has 1 aliphatic rings. The van der Waals surface area contributed by atoms with E-state index in [0.29, 0.717) is 61.4 Å². The minimum atomic E-state index is -4.49. The average molecular weight is 476 g/mol. The van der Waals surface area contributed by atoms with E-state index in [1.165, 1.54) is 23.0 Å². The Hall–Kier alpha value is -3.61. The number of amides is 1. The summed E-state index contributed by atoms with van der Waals surface area (Å²) in [7, 11) is 0. The fraction of sp³-hybridized carbons (Fsp3) is 0.429. The highest BCUT2D eigenvalue weighted by Crippen LogP contribution is 2.31. The van der Waals surface area contributed by atoms with Gasteiger partial charge in [-0.15, -0.1) is 10.2 Å². The van der Waals surface area contributed by atoms with E-state index in [9.17, 15) is 18.0 Å². The second kappa shape index (κ2) is 9.71. The summed E-state index contributed by atoms with van der Waals surface area (Å²) in [6, 6.07) is 3.38. The molecule has 3 aromatic rings. The number of benzene rings is 1. The molecular formula is C21H23F3N8O2. The second-order valence-corrected chi connectivity index (χ2v) is 7.95. The Bertz CT molecular complexity index is 1180. The maximum Gasteiger partial charge on any atom is 0.416 e. The number of carbonyl (C=O) groups is 1. The molecule has 10 nitrogen and oxygen atoms in total. The van der Waals surface area contributed by atoms with E-state index < -0.39 is 11.7 Å².